The Kier molecular flexibility index (Phi) is 7.19. The molecule has 0 unspecified atom stereocenters. The summed E-state index contributed by atoms with van der Waals surface area (Å²) in [5.74, 6) is 0.0902. The monoisotopic (exact) mass is 396 g/mol. The van der Waals surface area contributed by atoms with Crippen LogP contribution in [0.1, 0.15) is 12.5 Å². The van der Waals surface area contributed by atoms with Crippen molar-refractivity contribution in [2.24, 2.45) is 0 Å². The lowest BCUT2D eigenvalue weighted by Gasteiger charge is -2.12. The lowest BCUT2D eigenvalue weighted by atomic mass is 10.2. The molecule has 10 heteroatoms. The highest BCUT2D eigenvalue weighted by atomic mass is 19.4. The van der Waals surface area contributed by atoms with Gasteiger partial charge in [-0.05, 0) is 37.3 Å². The maximum atomic E-state index is 12.4. The molecule has 28 heavy (non-hydrogen) atoms. The lowest BCUT2D eigenvalue weighted by Crippen LogP contribution is -2.22. The molecule has 0 saturated carbocycles. The largest absolute Gasteiger partial charge is 0.497 e. The van der Waals surface area contributed by atoms with Crippen molar-refractivity contribution in [3.8, 4) is 5.75 Å². The SMILES string of the molecule is CCOC(=O)/C=C/c1cnc(NCC(F)(F)F)nc1Nc1ccc(OC)cc1. The summed E-state index contributed by atoms with van der Waals surface area (Å²) in [4.78, 5) is 19.4. The van der Waals surface area contributed by atoms with Crippen molar-refractivity contribution >= 4 is 29.5 Å². The van der Waals surface area contributed by atoms with Crippen LogP contribution in [0.25, 0.3) is 6.08 Å². The van der Waals surface area contributed by atoms with Gasteiger partial charge in [0.15, 0.2) is 0 Å². The molecule has 0 aliphatic heterocycles. The fraction of sp³-hybridized carbons (Fsp3) is 0.278. The van der Waals surface area contributed by atoms with Crippen LogP contribution in [0.2, 0.25) is 0 Å². The molecule has 1 aromatic carbocycles. The predicted octanol–water partition coefficient (Wildman–Crippen LogP) is 3.78. The van der Waals surface area contributed by atoms with Gasteiger partial charge in [0.25, 0.3) is 0 Å². The summed E-state index contributed by atoms with van der Waals surface area (Å²) in [7, 11) is 1.53. The molecule has 0 spiro atoms. The van der Waals surface area contributed by atoms with Crippen molar-refractivity contribution in [3.05, 3.63) is 42.1 Å². The maximum absolute atomic E-state index is 12.4. The molecule has 7 nitrogen and oxygen atoms in total. The second kappa shape index (κ2) is 9.58. The average Bonchev–Trinajstić information content (AvgIpc) is 2.66. The number of aromatic nitrogens is 2. The zero-order valence-electron chi connectivity index (χ0n) is 15.2. The molecule has 2 N–H and O–H groups in total. The normalized spacial score (nSPS) is 11.3. The first kappa shape index (κ1) is 21.0. The van der Waals surface area contributed by atoms with Crippen LogP contribution in [0.3, 0.4) is 0 Å². The van der Waals surface area contributed by atoms with E-state index in [0.717, 1.165) is 0 Å². The number of hydrogen-bond acceptors (Lipinski definition) is 7. The Balaban J connectivity index is 2.27. The molecule has 150 valence electrons. The summed E-state index contributed by atoms with van der Waals surface area (Å²) in [6.07, 6.45) is -0.510. The summed E-state index contributed by atoms with van der Waals surface area (Å²) in [6, 6.07) is 6.84. The van der Waals surface area contributed by atoms with Gasteiger partial charge < -0.3 is 20.1 Å². The summed E-state index contributed by atoms with van der Waals surface area (Å²) in [6.45, 7) is 0.622. The quantitative estimate of drug-likeness (QED) is 0.519. The second-order valence-electron chi connectivity index (χ2n) is 5.41. The summed E-state index contributed by atoms with van der Waals surface area (Å²) in [5.41, 5.74) is 1.01. The highest BCUT2D eigenvalue weighted by molar-refractivity contribution is 5.88. The minimum Gasteiger partial charge on any atom is -0.497 e. The summed E-state index contributed by atoms with van der Waals surface area (Å²) in [5, 5.41) is 5.10. The number of esters is 1. The van der Waals surface area contributed by atoms with E-state index in [1.165, 1.54) is 25.5 Å². The van der Waals surface area contributed by atoms with Crippen molar-refractivity contribution in [1.29, 1.82) is 0 Å². The van der Waals surface area contributed by atoms with Gasteiger partial charge in [-0.1, -0.05) is 0 Å². The van der Waals surface area contributed by atoms with Gasteiger partial charge in [0.2, 0.25) is 5.95 Å². The first-order chi connectivity index (χ1) is 13.3. The van der Waals surface area contributed by atoms with Crippen LogP contribution in [-0.2, 0) is 9.53 Å². The van der Waals surface area contributed by atoms with Gasteiger partial charge in [0, 0.05) is 23.5 Å². The molecule has 1 heterocycles. The van der Waals surface area contributed by atoms with Gasteiger partial charge >= 0.3 is 12.1 Å². The van der Waals surface area contributed by atoms with Crippen molar-refractivity contribution < 1.29 is 27.4 Å². The average molecular weight is 396 g/mol. The number of rotatable bonds is 8. The smallest absolute Gasteiger partial charge is 0.405 e. The van der Waals surface area contributed by atoms with E-state index in [1.54, 1.807) is 31.2 Å². The zero-order chi connectivity index (χ0) is 20.6. The van der Waals surface area contributed by atoms with Gasteiger partial charge in [-0.25, -0.2) is 9.78 Å². The maximum Gasteiger partial charge on any atom is 0.405 e. The van der Waals surface area contributed by atoms with E-state index in [0.29, 0.717) is 17.0 Å². The zero-order valence-corrected chi connectivity index (χ0v) is 15.2. The van der Waals surface area contributed by atoms with Gasteiger partial charge in [0.05, 0.1) is 13.7 Å². The van der Waals surface area contributed by atoms with Crippen molar-refractivity contribution in [2.45, 2.75) is 13.1 Å². The molecule has 0 aliphatic carbocycles. The van der Waals surface area contributed by atoms with Crippen molar-refractivity contribution in [1.82, 2.24) is 9.97 Å². The predicted molar refractivity (Wildman–Crippen MR) is 98.5 cm³/mol. The number of ether oxygens (including phenoxy) is 2. The lowest BCUT2D eigenvalue weighted by molar-refractivity contribution is -0.137. The molecule has 0 amide bonds. The highest BCUT2D eigenvalue weighted by Gasteiger charge is 2.27. The molecule has 0 fully saturated rings. The van der Waals surface area contributed by atoms with Crippen LogP contribution < -0.4 is 15.4 Å². The van der Waals surface area contributed by atoms with Gasteiger partial charge in [-0.15, -0.1) is 0 Å². The van der Waals surface area contributed by atoms with Crippen LogP contribution in [0.15, 0.2) is 36.5 Å². The number of anilines is 3. The number of carbonyl (C=O) groups excluding carboxylic acids is 1. The molecular formula is C18H19F3N4O3. The van der Waals surface area contributed by atoms with E-state index in [2.05, 4.69) is 20.6 Å². The minimum absolute atomic E-state index is 0.207. The van der Waals surface area contributed by atoms with Crippen LogP contribution in [0.5, 0.6) is 5.75 Å². The topological polar surface area (TPSA) is 85.4 Å². The third kappa shape index (κ3) is 6.78. The number of alkyl halides is 3. The van der Waals surface area contributed by atoms with E-state index in [9.17, 15) is 18.0 Å². The Morgan fingerprint density at radius 1 is 1.25 bits per heavy atom. The Morgan fingerprint density at radius 2 is 1.96 bits per heavy atom. The molecule has 1 aromatic heterocycles. The number of halogens is 3. The van der Waals surface area contributed by atoms with Crippen molar-refractivity contribution in [3.63, 3.8) is 0 Å². The summed E-state index contributed by atoms with van der Waals surface area (Å²) >= 11 is 0. The fourth-order valence-electron chi connectivity index (χ4n) is 2.04. The Labute approximate surface area is 159 Å². The van der Waals surface area contributed by atoms with E-state index in [4.69, 9.17) is 9.47 Å². The Hall–Kier alpha value is -3.30. The minimum atomic E-state index is -4.41. The molecule has 0 atom stereocenters. The third-order valence-electron chi connectivity index (χ3n) is 3.30. The fourth-order valence-corrected chi connectivity index (χ4v) is 2.04. The number of nitrogens with one attached hydrogen (secondary N) is 2. The number of hydrogen-bond donors (Lipinski definition) is 2. The van der Waals surface area contributed by atoms with Crippen LogP contribution in [0, 0.1) is 0 Å². The number of benzene rings is 1. The number of methoxy groups -OCH3 is 1. The Bertz CT molecular complexity index is 824. The molecule has 0 radical (unpaired) electrons. The first-order valence-corrected chi connectivity index (χ1v) is 8.24. The second-order valence-corrected chi connectivity index (χ2v) is 5.41. The first-order valence-electron chi connectivity index (χ1n) is 8.24. The van der Waals surface area contributed by atoms with E-state index >= 15 is 0 Å². The van der Waals surface area contributed by atoms with Gasteiger partial charge in [-0.2, -0.15) is 18.2 Å². The van der Waals surface area contributed by atoms with E-state index < -0.39 is 18.7 Å². The van der Waals surface area contributed by atoms with Crippen LogP contribution >= 0.6 is 0 Å². The van der Waals surface area contributed by atoms with Gasteiger partial charge in [-0.3, -0.25) is 0 Å². The molecule has 0 bridgehead atoms. The molecular weight excluding hydrogens is 377 g/mol. The van der Waals surface area contributed by atoms with Crippen molar-refractivity contribution in [2.75, 3.05) is 30.9 Å². The summed E-state index contributed by atoms with van der Waals surface area (Å²) < 4.78 is 47.1. The molecule has 0 saturated heterocycles. The van der Waals surface area contributed by atoms with E-state index in [-0.39, 0.29) is 18.4 Å². The highest BCUT2D eigenvalue weighted by Crippen LogP contribution is 2.23. The van der Waals surface area contributed by atoms with E-state index in [1.807, 2.05) is 0 Å². The van der Waals surface area contributed by atoms with Crippen LogP contribution in [-0.4, -0.2) is 42.4 Å². The third-order valence-corrected chi connectivity index (χ3v) is 3.30. The standard InChI is InChI=1S/C18H19F3N4O3/c1-3-28-15(26)9-4-12-10-22-17(23-11-18(19,20)21)25-16(12)24-13-5-7-14(27-2)8-6-13/h4-10H,3,11H2,1-2H3,(H2,22,23,24,25)/b9-4+. The molecule has 2 rings (SSSR count). The number of carbonyl (C=O) groups is 1. The molecule has 0 aliphatic rings. The number of nitrogens with zero attached hydrogens (tertiary/aromatic N) is 2. The Morgan fingerprint density at radius 3 is 2.57 bits per heavy atom. The molecule has 2 aromatic rings. The van der Waals surface area contributed by atoms with Gasteiger partial charge in [0.1, 0.15) is 18.1 Å². The van der Waals surface area contributed by atoms with Crippen LogP contribution in [0.4, 0.5) is 30.6 Å².